The van der Waals surface area contributed by atoms with Crippen LogP contribution in [0.2, 0.25) is 0 Å². The molecule has 1 heterocycles. The number of nitrogens with one attached hydrogen (secondary N) is 1. The molecule has 116 valence electrons. The second-order valence-electron chi connectivity index (χ2n) is 3.81. The first-order valence-corrected chi connectivity index (χ1v) is 5.53. The molecule has 8 nitrogen and oxygen atoms in total. The Morgan fingerprint density at radius 1 is 1.52 bits per heavy atom. The lowest BCUT2D eigenvalue weighted by Gasteiger charge is -2.09. The summed E-state index contributed by atoms with van der Waals surface area (Å²) in [4.78, 5) is 25.1. The summed E-state index contributed by atoms with van der Waals surface area (Å²) in [7, 11) is 0. The third-order valence-corrected chi connectivity index (χ3v) is 2.14. The molecule has 0 atom stereocenters. The highest BCUT2D eigenvalue weighted by atomic mass is 19.4. The van der Waals surface area contributed by atoms with Gasteiger partial charge in [0.05, 0.1) is 11.5 Å². The topological polar surface area (TPSA) is 120 Å². The van der Waals surface area contributed by atoms with E-state index in [2.05, 4.69) is 15.0 Å². The number of halogens is 3. The van der Waals surface area contributed by atoms with Crippen molar-refractivity contribution in [1.29, 1.82) is 0 Å². The molecule has 0 radical (unpaired) electrons. The summed E-state index contributed by atoms with van der Waals surface area (Å²) in [5, 5.41) is 12.9. The molecule has 0 unspecified atom stereocenters. The molecule has 1 amide bonds. The van der Waals surface area contributed by atoms with E-state index in [4.69, 9.17) is 5.73 Å². The molecule has 1 aromatic heterocycles. The van der Waals surface area contributed by atoms with Crippen molar-refractivity contribution < 1.29 is 27.6 Å². The van der Waals surface area contributed by atoms with Gasteiger partial charge in [-0.25, -0.2) is 4.98 Å². The summed E-state index contributed by atoms with van der Waals surface area (Å²) in [5.74, 6) is -0.953. The van der Waals surface area contributed by atoms with Crippen LogP contribution in [0.5, 0.6) is 0 Å². The van der Waals surface area contributed by atoms with Gasteiger partial charge in [0.2, 0.25) is 0 Å². The van der Waals surface area contributed by atoms with Crippen molar-refractivity contribution in [3.8, 4) is 0 Å². The molecule has 11 heteroatoms. The van der Waals surface area contributed by atoms with Gasteiger partial charge in [-0.15, -0.1) is 0 Å². The lowest BCUT2D eigenvalue weighted by atomic mass is 10.2. The van der Waals surface area contributed by atoms with Crippen LogP contribution in [-0.4, -0.2) is 41.7 Å². The second kappa shape index (κ2) is 6.83. The Hall–Kier alpha value is -2.43. The fraction of sp³-hybridized carbons (Fsp3) is 0.400. The van der Waals surface area contributed by atoms with E-state index in [-0.39, 0.29) is 24.5 Å². The van der Waals surface area contributed by atoms with Crippen LogP contribution in [0.3, 0.4) is 0 Å². The number of hydrogen-bond acceptors (Lipinski definition) is 6. The van der Waals surface area contributed by atoms with E-state index in [9.17, 15) is 28.1 Å². The molecular weight excluding hydrogens is 297 g/mol. The molecule has 0 saturated carbocycles. The van der Waals surface area contributed by atoms with Gasteiger partial charge in [-0.3, -0.25) is 14.9 Å². The Morgan fingerprint density at radius 3 is 2.76 bits per heavy atom. The van der Waals surface area contributed by atoms with E-state index in [0.717, 1.165) is 12.3 Å². The van der Waals surface area contributed by atoms with Crippen LogP contribution in [0.4, 0.5) is 24.7 Å². The molecule has 1 rings (SSSR count). The van der Waals surface area contributed by atoms with Gasteiger partial charge in [-0.05, 0) is 6.07 Å². The van der Waals surface area contributed by atoms with Gasteiger partial charge in [0.25, 0.3) is 11.6 Å². The molecule has 1 aromatic rings. The number of rotatable bonds is 6. The fourth-order valence-corrected chi connectivity index (χ4v) is 1.31. The first-order chi connectivity index (χ1) is 9.70. The Labute approximate surface area is 116 Å². The van der Waals surface area contributed by atoms with Crippen molar-refractivity contribution in [3.05, 3.63) is 27.9 Å². The number of hydrogen-bond donors (Lipinski definition) is 2. The van der Waals surface area contributed by atoms with Crippen LogP contribution >= 0.6 is 0 Å². The average molecular weight is 308 g/mol. The number of pyridine rings is 1. The summed E-state index contributed by atoms with van der Waals surface area (Å²) in [6, 6.07) is 1.00. The second-order valence-corrected chi connectivity index (χ2v) is 3.81. The van der Waals surface area contributed by atoms with Gasteiger partial charge in [0.15, 0.2) is 0 Å². The number of ether oxygens (including phenoxy) is 1. The fourth-order valence-electron chi connectivity index (χ4n) is 1.31. The van der Waals surface area contributed by atoms with Crippen LogP contribution in [-0.2, 0) is 4.74 Å². The summed E-state index contributed by atoms with van der Waals surface area (Å²) >= 11 is 0. The quantitative estimate of drug-likeness (QED) is 0.457. The number of carbonyl (C=O) groups is 1. The maximum absolute atomic E-state index is 11.8. The zero-order valence-corrected chi connectivity index (χ0v) is 10.5. The molecular formula is C10H11F3N4O4. The molecule has 0 aromatic carbocycles. The van der Waals surface area contributed by atoms with Gasteiger partial charge in [0, 0.05) is 6.54 Å². The number of nitrogen functional groups attached to an aromatic ring is 1. The van der Waals surface area contributed by atoms with Crippen molar-refractivity contribution in [3.63, 3.8) is 0 Å². The Morgan fingerprint density at radius 2 is 2.19 bits per heavy atom. The lowest BCUT2D eigenvalue weighted by molar-refractivity contribution is -0.385. The SMILES string of the molecule is Nc1cc(C(=O)NCCOCC(F)(F)F)c([N+](=O)[O-])cn1. The molecule has 0 spiro atoms. The van der Waals surface area contributed by atoms with Gasteiger partial charge >= 0.3 is 6.18 Å². The Kier molecular flexibility index (Phi) is 5.41. The van der Waals surface area contributed by atoms with Crippen LogP contribution in [0, 0.1) is 10.1 Å². The van der Waals surface area contributed by atoms with Gasteiger partial charge in [0.1, 0.15) is 24.2 Å². The average Bonchev–Trinajstić information content (AvgIpc) is 2.36. The molecule has 0 aliphatic carbocycles. The van der Waals surface area contributed by atoms with Crippen LogP contribution in [0.25, 0.3) is 0 Å². The highest BCUT2D eigenvalue weighted by molar-refractivity contribution is 5.98. The van der Waals surface area contributed by atoms with Crippen molar-refractivity contribution in [1.82, 2.24) is 10.3 Å². The molecule has 0 aliphatic rings. The minimum Gasteiger partial charge on any atom is -0.384 e. The number of alkyl halides is 3. The predicted octanol–water partition coefficient (Wildman–Crippen LogP) is 0.881. The largest absolute Gasteiger partial charge is 0.411 e. The van der Waals surface area contributed by atoms with Gasteiger partial charge < -0.3 is 15.8 Å². The van der Waals surface area contributed by atoms with E-state index < -0.39 is 29.3 Å². The van der Waals surface area contributed by atoms with Gasteiger partial charge in [-0.2, -0.15) is 13.2 Å². The number of carbonyl (C=O) groups excluding carboxylic acids is 1. The van der Waals surface area contributed by atoms with Gasteiger partial charge in [-0.1, -0.05) is 0 Å². The van der Waals surface area contributed by atoms with Crippen molar-refractivity contribution in [2.75, 3.05) is 25.5 Å². The number of anilines is 1. The summed E-state index contributed by atoms with van der Waals surface area (Å²) in [6.07, 6.45) is -3.63. The molecule has 21 heavy (non-hydrogen) atoms. The smallest absolute Gasteiger partial charge is 0.384 e. The third-order valence-electron chi connectivity index (χ3n) is 2.14. The summed E-state index contributed by atoms with van der Waals surface area (Å²) in [6.45, 7) is -2.07. The number of nitro groups is 1. The summed E-state index contributed by atoms with van der Waals surface area (Å²) in [5.41, 5.74) is 4.44. The third kappa shape index (κ3) is 5.60. The zero-order chi connectivity index (χ0) is 16.0. The number of nitrogens with two attached hydrogens (primary N) is 1. The van der Waals surface area contributed by atoms with Crippen molar-refractivity contribution in [2.24, 2.45) is 0 Å². The highest BCUT2D eigenvalue weighted by Gasteiger charge is 2.27. The molecule has 0 bridgehead atoms. The van der Waals surface area contributed by atoms with Crippen LogP contribution in [0.1, 0.15) is 10.4 Å². The standard InChI is InChI=1S/C10H11F3N4O4/c11-10(12,13)5-21-2-1-15-9(18)6-3-8(14)16-4-7(6)17(19)20/h3-4H,1-2,5H2,(H2,14,16)(H,15,18). The monoisotopic (exact) mass is 308 g/mol. The number of nitrogens with zero attached hydrogens (tertiary/aromatic N) is 2. The van der Waals surface area contributed by atoms with Crippen molar-refractivity contribution in [2.45, 2.75) is 6.18 Å². The first kappa shape index (κ1) is 16.6. The van der Waals surface area contributed by atoms with E-state index in [1.54, 1.807) is 0 Å². The molecule has 3 N–H and O–H groups in total. The highest BCUT2D eigenvalue weighted by Crippen LogP contribution is 2.18. The Balaban J connectivity index is 2.56. The lowest BCUT2D eigenvalue weighted by Crippen LogP contribution is -2.29. The number of aromatic nitrogens is 1. The van der Waals surface area contributed by atoms with E-state index in [0.29, 0.717) is 0 Å². The van der Waals surface area contributed by atoms with Crippen LogP contribution < -0.4 is 11.1 Å². The molecule has 0 saturated heterocycles. The van der Waals surface area contributed by atoms with E-state index >= 15 is 0 Å². The first-order valence-electron chi connectivity index (χ1n) is 5.53. The van der Waals surface area contributed by atoms with Crippen LogP contribution in [0.15, 0.2) is 12.3 Å². The maximum atomic E-state index is 11.8. The predicted molar refractivity (Wildman–Crippen MR) is 64.5 cm³/mol. The molecule has 0 aliphatic heterocycles. The Bertz CT molecular complexity index is 536. The zero-order valence-electron chi connectivity index (χ0n) is 10.5. The normalized spacial score (nSPS) is 11.2. The van der Waals surface area contributed by atoms with E-state index in [1.807, 2.05) is 0 Å². The minimum atomic E-state index is -4.46. The maximum Gasteiger partial charge on any atom is 0.411 e. The summed E-state index contributed by atoms with van der Waals surface area (Å²) < 4.78 is 39.6. The minimum absolute atomic E-state index is 0.0981. The number of amides is 1. The molecule has 0 fully saturated rings. The van der Waals surface area contributed by atoms with E-state index in [1.165, 1.54) is 0 Å². The van der Waals surface area contributed by atoms with Crippen molar-refractivity contribution >= 4 is 17.4 Å².